The Morgan fingerprint density at radius 1 is 1.03 bits per heavy atom. The number of ether oxygens (including phenoxy) is 2. The van der Waals surface area contributed by atoms with E-state index < -0.39 is 0 Å². The summed E-state index contributed by atoms with van der Waals surface area (Å²) in [6.07, 6.45) is 0. The van der Waals surface area contributed by atoms with Gasteiger partial charge in [-0.25, -0.2) is 0 Å². The zero-order valence-electron chi connectivity index (χ0n) is 20.6. The van der Waals surface area contributed by atoms with Crippen LogP contribution in [0.15, 0.2) is 52.1 Å². The summed E-state index contributed by atoms with van der Waals surface area (Å²) in [6, 6.07) is 13.7. The van der Waals surface area contributed by atoms with Gasteiger partial charge in [-0.1, -0.05) is 31.7 Å². The maximum Gasteiger partial charge on any atom is 0.277 e. The van der Waals surface area contributed by atoms with E-state index in [0.717, 1.165) is 35.7 Å². The van der Waals surface area contributed by atoms with Crippen molar-refractivity contribution in [3.8, 4) is 23.0 Å². The summed E-state index contributed by atoms with van der Waals surface area (Å²) >= 11 is 1.23. The van der Waals surface area contributed by atoms with Crippen LogP contribution in [0.25, 0.3) is 11.5 Å². The minimum atomic E-state index is -0.151. The highest BCUT2D eigenvalue weighted by Crippen LogP contribution is 2.34. The summed E-state index contributed by atoms with van der Waals surface area (Å²) in [5.74, 6) is 2.16. The number of aromatic nitrogens is 2. The van der Waals surface area contributed by atoms with Crippen molar-refractivity contribution >= 4 is 23.4 Å². The van der Waals surface area contributed by atoms with Crippen LogP contribution in [0.1, 0.15) is 39.3 Å². The summed E-state index contributed by atoms with van der Waals surface area (Å²) in [4.78, 5) is 15.0. The molecule has 0 bridgehead atoms. The molecule has 0 aliphatic carbocycles. The highest BCUT2D eigenvalue weighted by molar-refractivity contribution is 7.99. The van der Waals surface area contributed by atoms with Gasteiger partial charge in [0.1, 0.15) is 13.2 Å². The van der Waals surface area contributed by atoms with Crippen LogP contribution >= 0.6 is 11.8 Å². The molecule has 1 amide bonds. The maximum absolute atomic E-state index is 12.7. The normalized spacial score (nSPS) is 13.5. The number of thioether (sulfide) groups is 1. The number of carbonyl (C=O) groups excluding carboxylic acids is 1. The number of benzene rings is 2. The van der Waals surface area contributed by atoms with Gasteiger partial charge in [-0.3, -0.25) is 4.79 Å². The number of rotatable bonds is 10. The summed E-state index contributed by atoms with van der Waals surface area (Å²) < 4.78 is 17.1. The standard InChI is InChI=1S/C26H32N4O4S/c1-5-30(6-2)20-10-7-18(8-11-20)25-28-29-26(34-25)35-16-23(31)27-24(17(3)4)19-9-12-21-22(15-19)33-14-13-32-21/h7-12,15,17,24H,5-6,13-14,16H2,1-4H3,(H,27,31). The number of carbonyl (C=O) groups is 1. The van der Waals surface area contributed by atoms with Crippen LogP contribution < -0.4 is 19.7 Å². The third-order valence-electron chi connectivity index (χ3n) is 5.88. The SMILES string of the molecule is CCN(CC)c1ccc(-c2nnc(SCC(=O)NC(c3ccc4c(c3)OCCO4)C(C)C)o2)cc1. The molecule has 186 valence electrons. The van der Waals surface area contributed by atoms with Crippen molar-refractivity contribution in [1.82, 2.24) is 15.5 Å². The zero-order valence-corrected chi connectivity index (χ0v) is 21.4. The fourth-order valence-corrected chi connectivity index (χ4v) is 4.59. The Morgan fingerprint density at radius 2 is 1.74 bits per heavy atom. The first-order chi connectivity index (χ1) is 17.0. The van der Waals surface area contributed by atoms with Crippen LogP contribution in [-0.2, 0) is 4.79 Å². The van der Waals surface area contributed by atoms with E-state index in [0.29, 0.717) is 30.1 Å². The molecule has 9 heteroatoms. The van der Waals surface area contributed by atoms with Gasteiger partial charge in [-0.05, 0) is 61.7 Å². The first-order valence-electron chi connectivity index (χ1n) is 12.0. The van der Waals surface area contributed by atoms with E-state index in [1.807, 2.05) is 30.3 Å². The Kier molecular flexibility index (Phi) is 8.17. The third kappa shape index (κ3) is 6.08. The lowest BCUT2D eigenvalue weighted by molar-refractivity contribution is -0.119. The van der Waals surface area contributed by atoms with E-state index in [1.54, 1.807) is 0 Å². The number of hydrogen-bond acceptors (Lipinski definition) is 8. The molecule has 3 aromatic rings. The summed E-state index contributed by atoms with van der Waals surface area (Å²) in [6.45, 7) is 11.4. The number of hydrogen-bond donors (Lipinski definition) is 1. The van der Waals surface area contributed by atoms with Crippen LogP contribution in [0, 0.1) is 5.92 Å². The molecular formula is C26H32N4O4S. The lowest BCUT2D eigenvalue weighted by Gasteiger charge is -2.25. The zero-order chi connectivity index (χ0) is 24.8. The summed E-state index contributed by atoms with van der Waals surface area (Å²) in [7, 11) is 0. The minimum absolute atomic E-state index is 0.105. The molecule has 0 saturated heterocycles. The average molecular weight is 497 g/mol. The van der Waals surface area contributed by atoms with Crippen LogP contribution in [0.4, 0.5) is 5.69 Å². The molecule has 1 aliphatic heterocycles. The van der Waals surface area contributed by atoms with Crippen molar-refractivity contribution in [2.75, 3.05) is 37.0 Å². The molecule has 1 aromatic heterocycles. The Bertz CT molecular complexity index is 1130. The van der Waals surface area contributed by atoms with Crippen molar-refractivity contribution in [2.24, 2.45) is 5.92 Å². The van der Waals surface area contributed by atoms with Crippen molar-refractivity contribution in [2.45, 2.75) is 39.0 Å². The molecule has 8 nitrogen and oxygen atoms in total. The molecule has 0 saturated carbocycles. The van der Waals surface area contributed by atoms with Crippen molar-refractivity contribution < 1.29 is 18.7 Å². The van der Waals surface area contributed by atoms with Gasteiger partial charge in [0.15, 0.2) is 11.5 Å². The molecule has 0 spiro atoms. The Labute approximate surface area is 210 Å². The Balaban J connectivity index is 1.35. The molecule has 0 fully saturated rings. The molecule has 1 atom stereocenters. The van der Waals surface area contributed by atoms with Gasteiger partial charge >= 0.3 is 0 Å². The van der Waals surface area contributed by atoms with Crippen LogP contribution in [0.2, 0.25) is 0 Å². The number of fused-ring (bicyclic) bond motifs is 1. The smallest absolute Gasteiger partial charge is 0.277 e. The molecule has 1 aliphatic rings. The first kappa shape index (κ1) is 24.9. The number of nitrogens with one attached hydrogen (secondary N) is 1. The molecule has 1 unspecified atom stereocenters. The molecule has 35 heavy (non-hydrogen) atoms. The van der Waals surface area contributed by atoms with E-state index in [-0.39, 0.29) is 23.6 Å². The lowest BCUT2D eigenvalue weighted by Crippen LogP contribution is -2.33. The van der Waals surface area contributed by atoms with Gasteiger partial charge in [0.25, 0.3) is 5.22 Å². The van der Waals surface area contributed by atoms with E-state index in [2.05, 4.69) is 60.2 Å². The Morgan fingerprint density at radius 3 is 2.43 bits per heavy atom. The monoisotopic (exact) mass is 496 g/mol. The van der Waals surface area contributed by atoms with Gasteiger partial charge in [-0.2, -0.15) is 0 Å². The fourth-order valence-electron chi connectivity index (χ4n) is 4.02. The topological polar surface area (TPSA) is 89.7 Å². The second-order valence-corrected chi connectivity index (χ2v) is 9.50. The predicted octanol–water partition coefficient (Wildman–Crippen LogP) is 4.96. The van der Waals surface area contributed by atoms with E-state index >= 15 is 0 Å². The number of anilines is 1. The predicted molar refractivity (Wildman–Crippen MR) is 137 cm³/mol. The summed E-state index contributed by atoms with van der Waals surface area (Å²) in [5, 5.41) is 11.7. The maximum atomic E-state index is 12.7. The molecular weight excluding hydrogens is 464 g/mol. The molecule has 0 radical (unpaired) electrons. The highest BCUT2D eigenvalue weighted by atomic mass is 32.2. The van der Waals surface area contributed by atoms with Crippen LogP contribution in [-0.4, -0.2) is 48.2 Å². The largest absolute Gasteiger partial charge is 0.486 e. The quantitative estimate of drug-likeness (QED) is 0.394. The van der Waals surface area contributed by atoms with Gasteiger partial charge in [0, 0.05) is 24.3 Å². The number of nitrogens with zero attached hydrogens (tertiary/aromatic N) is 3. The van der Waals surface area contributed by atoms with E-state index in [4.69, 9.17) is 13.9 Å². The second-order valence-electron chi connectivity index (χ2n) is 8.57. The summed E-state index contributed by atoms with van der Waals surface area (Å²) in [5.41, 5.74) is 2.99. The lowest BCUT2D eigenvalue weighted by atomic mass is 9.95. The number of amides is 1. The van der Waals surface area contributed by atoms with Crippen molar-refractivity contribution in [3.63, 3.8) is 0 Å². The van der Waals surface area contributed by atoms with Crippen molar-refractivity contribution in [3.05, 3.63) is 48.0 Å². The van der Waals surface area contributed by atoms with E-state index in [1.165, 1.54) is 11.8 Å². The molecule has 2 aromatic carbocycles. The van der Waals surface area contributed by atoms with Crippen molar-refractivity contribution in [1.29, 1.82) is 0 Å². The van der Waals surface area contributed by atoms with Crippen LogP contribution in [0.3, 0.4) is 0 Å². The molecule has 1 N–H and O–H groups in total. The van der Waals surface area contributed by atoms with E-state index in [9.17, 15) is 4.79 Å². The van der Waals surface area contributed by atoms with Gasteiger partial charge in [-0.15, -0.1) is 10.2 Å². The Hall–Kier alpha value is -3.20. The third-order valence-corrected chi connectivity index (χ3v) is 6.70. The molecule has 4 rings (SSSR count). The molecule has 2 heterocycles. The van der Waals surface area contributed by atoms with Gasteiger partial charge < -0.3 is 24.1 Å². The first-order valence-corrected chi connectivity index (χ1v) is 13.0. The average Bonchev–Trinajstić information content (AvgIpc) is 3.36. The second kappa shape index (κ2) is 11.5. The minimum Gasteiger partial charge on any atom is -0.486 e. The fraction of sp³-hybridized carbons (Fsp3) is 0.423. The highest BCUT2D eigenvalue weighted by Gasteiger charge is 2.22. The van der Waals surface area contributed by atoms with Gasteiger partial charge in [0.2, 0.25) is 11.8 Å². The van der Waals surface area contributed by atoms with Crippen LogP contribution in [0.5, 0.6) is 11.5 Å². The van der Waals surface area contributed by atoms with Gasteiger partial charge in [0.05, 0.1) is 11.8 Å².